The highest BCUT2D eigenvalue weighted by Gasteiger charge is 2.49. The number of nitrogens with zero attached hydrogens (tertiary/aromatic N) is 2. The summed E-state index contributed by atoms with van der Waals surface area (Å²) in [5.41, 5.74) is 1.47. The van der Waals surface area contributed by atoms with E-state index in [4.69, 9.17) is 14.0 Å². The molecule has 176 valence electrons. The van der Waals surface area contributed by atoms with Crippen molar-refractivity contribution in [1.82, 2.24) is 10.1 Å². The highest BCUT2D eigenvalue weighted by atomic mass is 16.5. The molecule has 34 heavy (non-hydrogen) atoms. The van der Waals surface area contributed by atoms with Gasteiger partial charge in [-0.2, -0.15) is 0 Å². The third-order valence-electron chi connectivity index (χ3n) is 5.80. The second kappa shape index (κ2) is 8.54. The van der Waals surface area contributed by atoms with Crippen LogP contribution in [0.1, 0.15) is 44.7 Å². The largest absolute Gasteiger partial charge is 0.507 e. The Hall–Kier alpha value is -4.34. The number of amides is 1. The van der Waals surface area contributed by atoms with Crippen molar-refractivity contribution in [3.05, 3.63) is 69.7 Å². The summed E-state index contributed by atoms with van der Waals surface area (Å²) in [6.07, 6.45) is 0. The van der Waals surface area contributed by atoms with Gasteiger partial charge in [-0.3, -0.25) is 14.5 Å². The molecule has 0 aliphatic carbocycles. The number of Topliss-reactive ketones (excluding diaryl/α,β-unsaturated/α-hetero) is 1. The van der Waals surface area contributed by atoms with E-state index >= 15 is 0 Å². The molecule has 2 aromatic heterocycles. The summed E-state index contributed by atoms with van der Waals surface area (Å²) in [7, 11) is 2.71. The Morgan fingerprint density at radius 3 is 2.50 bits per heavy atom. The monoisotopic (exact) mass is 465 g/mol. The van der Waals surface area contributed by atoms with E-state index in [-0.39, 0.29) is 22.6 Å². The molecule has 0 bridgehead atoms. The molecule has 1 fully saturated rings. The number of aliphatic hydroxyl groups is 1. The number of hydrogen-bond donors (Lipinski definition) is 2. The molecule has 1 aliphatic rings. The molecule has 0 radical (unpaired) electrons. The van der Waals surface area contributed by atoms with Gasteiger partial charge in [0.05, 0.1) is 19.8 Å². The fraction of sp³-hybridized carbons (Fsp3) is 0.250. The lowest BCUT2D eigenvalue weighted by Gasteiger charge is -2.24. The van der Waals surface area contributed by atoms with Gasteiger partial charge in [0.2, 0.25) is 0 Å². The number of aliphatic hydroxyl groups excluding tert-OH is 1. The zero-order chi connectivity index (χ0) is 24.7. The van der Waals surface area contributed by atoms with Crippen molar-refractivity contribution < 1.29 is 33.5 Å². The van der Waals surface area contributed by atoms with Gasteiger partial charge in [0.15, 0.2) is 5.82 Å². The van der Waals surface area contributed by atoms with Gasteiger partial charge in [-0.15, -0.1) is 0 Å². The number of hydrogen-bond acceptors (Lipinski definition) is 8. The summed E-state index contributed by atoms with van der Waals surface area (Å²) in [6, 6.07) is 7.32. The van der Waals surface area contributed by atoms with Gasteiger partial charge in [0.25, 0.3) is 5.78 Å². The summed E-state index contributed by atoms with van der Waals surface area (Å²) in [4.78, 5) is 42.7. The Kier molecular flexibility index (Phi) is 5.74. The van der Waals surface area contributed by atoms with Crippen LogP contribution in [0.25, 0.3) is 5.76 Å². The van der Waals surface area contributed by atoms with E-state index in [0.29, 0.717) is 28.3 Å². The molecule has 3 aromatic rings. The average molecular weight is 465 g/mol. The third kappa shape index (κ3) is 3.43. The molecule has 1 saturated heterocycles. The number of carbonyl (C=O) groups excluding carboxylic acids is 3. The molecular formula is C24H23N3O7. The van der Waals surface area contributed by atoms with Crippen molar-refractivity contribution in [2.24, 2.45) is 0 Å². The zero-order valence-electron chi connectivity index (χ0n) is 19.3. The Balaban J connectivity index is 2.01. The minimum absolute atomic E-state index is 0.118. The molecule has 1 amide bonds. The van der Waals surface area contributed by atoms with Crippen molar-refractivity contribution in [3.63, 3.8) is 0 Å². The highest BCUT2D eigenvalue weighted by molar-refractivity contribution is 6.51. The number of benzene rings is 1. The Morgan fingerprint density at radius 2 is 1.88 bits per heavy atom. The van der Waals surface area contributed by atoms with Crippen LogP contribution in [-0.4, -0.2) is 47.1 Å². The zero-order valence-corrected chi connectivity index (χ0v) is 19.3. The second-order valence-corrected chi connectivity index (χ2v) is 7.82. The molecule has 4 rings (SSSR count). The topological polar surface area (TPSA) is 135 Å². The van der Waals surface area contributed by atoms with Gasteiger partial charge in [0.1, 0.15) is 29.0 Å². The molecule has 1 aromatic carbocycles. The highest BCUT2D eigenvalue weighted by Crippen LogP contribution is 2.45. The first-order chi connectivity index (χ1) is 16.2. The standard InChI is InChI=1S/C24H23N3O7/c1-11-10-16(26-34-11)27-20(14-8-6-7-9-15(14)32-4)18(22(29)23(27)30)21(28)17-12(2)19(24(31)33-5)25-13(17)3/h6-10,20,25,28H,1-5H3/b21-18+. The summed E-state index contributed by atoms with van der Waals surface area (Å²) >= 11 is 0. The van der Waals surface area contributed by atoms with E-state index in [1.807, 2.05) is 0 Å². The minimum atomic E-state index is -1.06. The molecule has 1 aliphatic heterocycles. The van der Waals surface area contributed by atoms with Gasteiger partial charge in [-0.05, 0) is 32.4 Å². The van der Waals surface area contributed by atoms with Crippen LogP contribution in [0.5, 0.6) is 5.75 Å². The van der Waals surface area contributed by atoms with Crippen LogP contribution in [-0.2, 0) is 14.3 Å². The average Bonchev–Trinajstić information content (AvgIpc) is 3.46. The lowest BCUT2D eigenvalue weighted by Crippen LogP contribution is -2.29. The van der Waals surface area contributed by atoms with Crippen LogP contribution >= 0.6 is 0 Å². The molecular weight excluding hydrogens is 442 g/mol. The number of methoxy groups -OCH3 is 2. The van der Waals surface area contributed by atoms with Crippen molar-refractivity contribution in [2.45, 2.75) is 26.8 Å². The molecule has 0 spiro atoms. The van der Waals surface area contributed by atoms with Crippen LogP contribution in [0.4, 0.5) is 5.82 Å². The maximum Gasteiger partial charge on any atom is 0.354 e. The van der Waals surface area contributed by atoms with Crippen LogP contribution in [0.3, 0.4) is 0 Å². The molecule has 10 nitrogen and oxygen atoms in total. The summed E-state index contributed by atoms with van der Waals surface area (Å²) in [6.45, 7) is 4.91. The maximum absolute atomic E-state index is 13.3. The van der Waals surface area contributed by atoms with E-state index in [0.717, 1.165) is 0 Å². The first-order valence-corrected chi connectivity index (χ1v) is 10.4. The number of aromatic amines is 1. The molecule has 10 heteroatoms. The lowest BCUT2D eigenvalue weighted by molar-refractivity contribution is -0.132. The van der Waals surface area contributed by atoms with E-state index in [2.05, 4.69) is 10.1 Å². The van der Waals surface area contributed by atoms with Crippen LogP contribution in [0.2, 0.25) is 0 Å². The Morgan fingerprint density at radius 1 is 1.18 bits per heavy atom. The van der Waals surface area contributed by atoms with Crippen molar-refractivity contribution >= 4 is 29.2 Å². The van der Waals surface area contributed by atoms with E-state index in [1.165, 1.54) is 25.2 Å². The Labute approximate surface area is 194 Å². The SMILES string of the molecule is COC(=O)c1[nH]c(C)c(/C(O)=C2\C(=O)C(=O)N(c3cc(C)on3)C2c2ccccc2OC)c1C. The number of ether oxygens (including phenoxy) is 2. The van der Waals surface area contributed by atoms with Crippen LogP contribution in [0.15, 0.2) is 40.4 Å². The van der Waals surface area contributed by atoms with E-state index < -0.39 is 29.5 Å². The van der Waals surface area contributed by atoms with Crippen LogP contribution < -0.4 is 9.64 Å². The number of aromatic nitrogens is 2. The maximum atomic E-state index is 13.3. The van der Waals surface area contributed by atoms with Gasteiger partial charge in [0, 0.05) is 22.9 Å². The molecule has 2 N–H and O–H groups in total. The number of H-pyrrole nitrogens is 1. The van der Waals surface area contributed by atoms with Gasteiger partial charge in [-0.25, -0.2) is 4.79 Å². The number of para-hydroxylation sites is 1. The number of aryl methyl sites for hydroxylation is 2. The number of nitrogens with one attached hydrogen (secondary N) is 1. The minimum Gasteiger partial charge on any atom is -0.507 e. The first kappa shape index (κ1) is 22.8. The van der Waals surface area contributed by atoms with E-state index in [1.54, 1.807) is 45.0 Å². The predicted molar refractivity (Wildman–Crippen MR) is 121 cm³/mol. The summed E-state index contributed by atoms with van der Waals surface area (Å²) in [5.74, 6) is -1.89. The number of esters is 1. The van der Waals surface area contributed by atoms with E-state index in [9.17, 15) is 19.5 Å². The van der Waals surface area contributed by atoms with Gasteiger partial charge in [-0.1, -0.05) is 23.4 Å². The number of anilines is 1. The normalized spacial score (nSPS) is 17.3. The number of carbonyl (C=O) groups is 3. The third-order valence-corrected chi connectivity index (χ3v) is 5.80. The smallest absolute Gasteiger partial charge is 0.354 e. The number of ketones is 1. The van der Waals surface area contributed by atoms with Crippen LogP contribution in [0, 0.1) is 20.8 Å². The molecule has 1 atom stereocenters. The Bertz CT molecular complexity index is 1350. The van der Waals surface area contributed by atoms with Crippen molar-refractivity contribution in [3.8, 4) is 5.75 Å². The van der Waals surface area contributed by atoms with Gasteiger partial charge >= 0.3 is 11.9 Å². The predicted octanol–water partition coefficient (Wildman–Crippen LogP) is 3.35. The van der Waals surface area contributed by atoms with Crippen molar-refractivity contribution in [2.75, 3.05) is 19.1 Å². The number of rotatable bonds is 5. The molecule has 3 heterocycles. The fourth-order valence-corrected chi connectivity index (χ4v) is 4.27. The van der Waals surface area contributed by atoms with Crippen molar-refractivity contribution in [1.29, 1.82) is 0 Å². The quantitative estimate of drug-likeness (QED) is 0.253. The summed E-state index contributed by atoms with van der Waals surface area (Å²) in [5, 5.41) is 15.3. The second-order valence-electron chi connectivity index (χ2n) is 7.82. The fourth-order valence-electron chi connectivity index (χ4n) is 4.27. The summed E-state index contributed by atoms with van der Waals surface area (Å²) < 4.78 is 15.4. The van der Waals surface area contributed by atoms with Gasteiger partial charge < -0.3 is 24.1 Å². The molecule has 0 saturated carbocycles. The first-order valence-electron chi connectivity index (χ1n) is 10.4. The lowest BCUT2D eigenvalue weighted by atomic mass is 9.93. The molecule has 1 unspecified atom stereocenters.